The third-order valence-corrected chi connectivity index (χ3v) is 4.36. The maximum Gasteiger partial charge on any atom is 0.350 e. The minimum atomic E-state index is -0.135. The van der Waals surface area contributed by atoms with Crippen molar-refractivity contribution in [1.29, 1.82) is 0 Å². The average Bonchev–Trinajstić information content (AvgIpc) is 2.74. The molecule has 1 aliphatic rings. The van der Waals surface area contributed by atoms with E-state index in [-0.39, 0.29) is 5.69 Å². The van der Waals surface area contributed by atoms with Gasteiger partial charge in [-0.3, -0.25) is 4.57 Å². The number of rotatable bonds is 2. The second kappa shape index (κ2) is 5.56. The molecule has 0 saturated heterocycles. The Labute approximate surface area is 138 Å². The van der Waals surface area contributed by atoms with Crippen molar-refractivity contribution in [2.24, 2.45) is 0 Å². The van der Waals surface area contributed by atoms with E-state index in [0.29, 0.717) is 23.8 Å². The van der Waals surface area contributed by atoms with Crippen LogP contribution in [0.25, 0.3) is 12.3 Å². The highest BCUT2D eigenvalue weighted by Crippen LogP contribution is 2.25. The number of halogens is 1. The van der Waals surface area contributed by atoms with Gasteiger partial charge in [-0.15, -0.1) is 0 Å². The van der Waals surface area contributed by atoms with E-state index in [9.17, 15) is 4.79 Å². The molecule has 0 amide bonds. The minimum Gasteiger partial charge on any atom is -0.253 e. The fourth-order valence-corrected chi connectivity index (χ4v) is 3.07. The Morgan fingerprint density at radius 1 is 1.09 bits per heavy atom. The first-order valence-electron chi connectivity index (χ1n) is 7.40. The monoisotopic (exact) mass is 323 g/mol. The Bertz CT molecular complexity index is 954. The molecule has 0 spiro atoms. The Balaban J connectivity index is 1.76. The molecular formula is C18H14ClN3O. The van der Waals surface area contributed by atoms with Crippen LogP contribution in [0.15, 0.2) is 53.3 Å². The average molecular weight is 324 g/mol. The molecule has 1 aromatic heterocycles. The third kappa shape index (κ3) is 2.51. The zero-order valence-corrected chi connectivity index (χ0v) is 13.1. The van der Waals surface area contributed by atoms with Gasteiger partial charge in [-0.05, 0) is 28.8 Å². The summed E-state index contributed by atoms with van der Waals surface area (Å²) < 4.78 is 3.09. The lowest BCUT2D eigenvalue weighted by Gasteiger charge is -2.05. The lowest BCUT2D eigenvalue weighted by molar-refractivity contribution is 0.650. The predicted octanol–water partition coefficient (Wildman–Crippen LogP) is 3.28. The number of benzene rings is 2. The van der Waals surface area contributed by atoms with E-state index >= 15 is 0 Å². The first-order chi connectivity index (χ1) is 11.2. The van der Waals surface area contributed by atoms with Crippen LogP contribution in [0.2, 0.25) is 5.02 Å². The van der Waals surface area contributed by atoms with Crippen molar-refractivity contribution in [3.63, 3.8) is 0 Å². The van der Waals surface area contributed by atoms with E-state index in [0.717, 1.165) is 16.7 Å². The highest BCUT2D eigenvalue weighted by molar-refractivity contribution is 6.31. The summed E-state index contributed by atoms with van der Waals surface area (Å²) >= 11 is 6.30. The molecule has 0 fully saturated rings. The largest absolute Gasteiger partial charge is 0.350 e. The Kier molecular flexibility index (Phi) is 3.39. The zero-order chi connectivity index (χ0) is 15.8. The zero-order valence-electron chi connectivity index (χ0n) is 12.3. The van der Waals surface area contributed by atoms with Crippen molar-refractivity contribution < 1.29 is 0 Å². The van der Waals surface area contributed by atoms with Crippen LogP contribution in [0.5, 0.6) is 0 Å². The molecule has 0 atom stereocenters. The molecule has 114 valence electrons. The minimum absolute atomic E-state index is 0.135. The lowest BCUT2D eigenvalue weighted by Crippen LogP contribution is -2.23. The number of fused-ring (bicyclic) bond motifs is 2. The Morgan fingerprint density at radius 2 is 1.91 bits per heavy atom. The molecule has 0 N–H and O–H groups in total. The first kappa shape index (κ1) is 14.0. The summed E-state index contributed by atoms with van der Waals surface area (Å²) in [5.41, 5.74) is 2.94. The number of aromatic nitrogens is 3. The Morgan fingerprint density at radius 3 is 2.74 bits per heavy atom. The Hall–Kier alpha value is -2.59. The van der Waals surface area contributed by atoms with Gasteiger partial charge in [0.1, 0.15) is 5.82 Å². The molecule has 2 heterocycles. The standard InChI is InChI=1S/C18H14ClN3O/c19-16-8-4-7-14-9-10-21-17(11-15(14)16)20-22(18(21)23)12-13-5-2-1-3-6-13/h1-10H,11-12H2. The summed E-state index contributed by atoms with van der Waals surface area (Å²) in [7, 11) is 0. The van der Waals surface area contributed by atoms with Gasteiger partial charge in [0, 0.05) is 17.6 Å². The van der Waals surface area contributed by atoms with Crippen molar-refractivity contribution in [3.05, 3.63) is 86.6 Å². The van der Waals surface area contributed by atoms with Crippen molar-refractivity contribution >= 4 is 23.9 Å². The van der Waals surface area contributed by atoms with Crippen LogP contribution in [0, 0.1) is 0 Å². The van der Waals surface area contributed by atoms with Gasteiger partial charge in [-0.1, -0.05) is 54.1 Å². The molecule has 4 nitrogen and oxygen atoms in total. The van der Waals surface area contributed by atoms with Crippen LogP contribution in [-0.2, 0) is 13.0 Å². The normalized spacial score (nSPS) is 12.6. The molecule has 2 aromatic carbocycles. The molecule has 0 bridgehead atoms. The first-order valence-corrected chi connectivity index (χ1v) is 7.78. The van der Waals surface area contributed by atoms with Gasteiger partial charge >= 0.3 is 5.69 Å². The molecular weight excluding hydrogens is 310 g/mol. The van der Waals surface area contributed by atoms with Gasteiger partial charge < -0.3 is 0 Å². The SMILES string of the molecule is O=c1n(Cc2ccccc2)nc2n1C=Cc1cccc(Cl)c1C2. The molecule has 0 radical (unpaired) electrons. The maximum absolute atomic E-state index is 12.6. The highest BCUT2D eigenvalue weighted by atomic mass is 35.5. The quantitative estimate of drug-likeness (QED) is 0.568. The van der Waals surface area contributed by atoms with Gasteiger partial charge in [0.25, 0.3) is 0 Å². The third-order valence-electron chi connectivity index (χ3n) is 4.01. The molecule has 4 rings (SSSR count). The molecule has 0 aliphatic carbocycles. The maximum atomic E-state index is 12.6. The van der Waals surface area contributed by atoms with Gasteiger partial charge in [0.15, 0.2) is 0 Å². The van der Waals surface area contributed by atoms with Crippen LogP contribution in [0.4, 0.5) is 0 Å². The molecule has 5 heteroatoms. The smallest absolute Gasteiger partial charge is 0.253 e. The topological polar surface area (TPSA) is 39.8 Å². The van der Waals surface area contributed by atoms with E-state index in [1.807, 2.05) is 54.6 Å². The lowest BCUT2D eigenvalue weighted by atomic mass is 10.0. The van der Waals surface area contributed by atoms with E-state index in [1.165, 1.54) is 4.68 Å². The van der Waals surface area contributed by atoms with Crippen LogP contribution in [0.1, 0.15) is 22.5 Å². The van der Waals surface area contributed by atoms with Gasteiger partial charge in [-0.25, -0.2) is 9.48 Å². The molecule has 0 unspecified atom stereocenters. The van der Waals surface area contributed by atoms with Crippen molar-refractivity contribution in [1.82, 2.24) is 14.3 Å². The van der Waals surface area contributed by atoms with Crippen molar-refractivity contribution in [2.75, 3.05) is 0 Å². The van der Waals surface area contributed by atoms with E-state index in [2.05, 4.69) is 5.10 Å². The van der Waals surface area contributed by atoms with E-state index in [4.69, 9.17) is 11.6 Å². The number of hydrogen-bond acceptors (Lipinski definition) is 2. The summed E-state index contributed by atoms with van der Waals surface area (Å²) in [6.45, 7) is 0.461. The molecule has 0 saturated carbocycles. The molecule has 23 heavy (non-hydrogen) atoms. The van der Waals surface area contributed by atoms with Crippen molar-refractivity contribution in [3.8, 4) is 0 Å². The van der Waals surface area contributed by atoms with Crippen LogP contribution >= 0.6 is 11.6 Å². The second-order valence-electron chi connectivity index (χ2n) is 5.51. The summed E-state index contributed by atoms with van der Waals surface area (Å²) in [4.78, 5) is 12.6. The molecule has 1 aliphatic heterocycles. The van der Waals surface area contributed by atoms with Gasteiger partial charge in [0.05, 0.1) is 6.54 Å². The van der Waals surface area contributed by atoms with Crippen LogP contribution < -0.4 is 5.69 Å². The summed E-state index contributed by atoms with van der Waals surface area (Å²) in [6, 6.07) is 15.6. The van der Waals surface area contributed by atoms with Crippen LogP contribution in [-0.4, -0.2) is 14.3 Å². The van der Waals surface area contributed by atoms with Gasteiger partial charge in [0.2, 0.25) is 0 Å². The highest BCUT2D eigenvalue weighted by Gasteiger charge is 2.17. The van der Waals surface area contributed by atoms with Gasteiger partial charge in [-0.2, -0.15) is 5.10 Å². The summed E-state index contributed by atoms with van der Waals surface area (Å²) in [5, 5.41) is 5.20. The number of hydrogen-bond donors (Lipinski definition) is 0. The second-order valence-corrected chi connectivity index (χ2v) is 5.92. The van der Waals surface area contributed by atoms with E-state index in [1.54, 1.807) is 10.8 Å². The predicted molar refractivity (Wildman–Crippen MR) is 91.5 cm³/mol. The summed E-state index contributed by atoms with van der Waals surface area (Å²) in [5.74, 6) is 0.703. The van der Waals surface area contributed by atoms with Crippen molar-refractivity contribution in [2.45, 2.75) is 13.0 Å². The summed E-state index contributed by atoms with van der Waals surface area (Å²) in [6.07, 6.45) is 4.22. The van der Waals surface area contributed by atoms with Crippen LogP contribution in [0.3, 0.4) is 0 Å². The molecule has 3 aromatic rings. The fraction of sp³-hybridized carbons (Fsp3) is 0.111. The van der Waals surface area contributed by atoms with E-state index < -0.39 is 0 Å². The fourth-order valence-electron chi connectivity index (χ4n) is 2.83. The number of nitrogens with zero attached hydrogens (tertiary/aromatic N) is 3.